The molecule has 2 saturated carbocycles. The lowest BCUT2D eigenvalue weighted by molar-refractivity contribution is 0.145. The van der Waals surface area contributed by atoms with Crippen LogP contribution in [0.2, 0.25) is 0 Å². The van der Waals surface area contributed by atoms with Crippen LogP contribution >= 0.6 is 23.5 Å². The van der Waals surface area contributed by atoms with Crippen LogP contribution in [0.1, 0.15) is 64.7 Å². The van der Waals surface area contributed by atoms with Gasteiger partial charge in [-0.15, -0.1) is 23.5 Å². The molecule has 1 saturated heterocycles. The second-order valence-corrected chi connectivity index (χ2v) is 9.14. The summed E-state index contributed by atoms with van der Waals surface area (Å²) in [7, 11) is 0. The SMILES string of the molecule is CCC[C@H]1CCC2CC(=C3SCCCS3)CCC2C1. The zero-order valence-corrected chi connectivity index (χ0v) is 14.0. The van der Waals surface area contributed by atoms with Crippen molar-refractivity contribution >= 4 is 23.5 Å². The molecule has 0 aromatic rings. The minimum atomic E-state index is 1.05. The molecule has 0 radical (unpaired) electrons. The van der Waals surface area contributed by atoms with Gasteiger partial charge in [-0.1, -0.05) is 26.2 Å². The highest BCUT2D eigenvalue weighted by molar-refractivity contribution is 8.22. The van der Waals surface area contributed by atoms with Crippen molar-refractivity contribution in [3.8, 4) is 0 Å². The number of rotatable bonds is 2. The van der Waals surface area contributed by atoms with E-state index < -0.39 is 0 Å². The van der Waals surface area contributed by atoms with Gasteiger partial charge in [0.2, 0.25) is 0 Å². The molecule has 2 heteroatoms. The first-order valence-electron chi connectivity index (χ1n) is 8.34. The molecule has 1 heterocycles. The Labute approximate surface area is 127 Å². The smallest absolute Gasteiger partial charge is 0.0393 e. The van der Waals surface area contributed by atoms with E-state index in [1.807, 2.05) is 5.57 Å². The zero-order valence-electron chi connectivity index (χ0n) is 12.3. The Morgan fingerprint density at radius 3 is 2.68 bits per heavy atom. The van der Waals surface area contributed by atoms with Crippen molar-refractivity contribution in [1.29, 1.82) is 0 Å². The van der Waals surface area contributed by atoms with Gasteiger partial charge in [0.05, 0.1) is 0 Å². The summed E-state index contributed by atoms with van der Waals surface area (Å²) in [5.74, 6) is 5.94. The molecule has 0 bridgehead atoms. The number of allylic oxidation sites excluding steroid dienone is 1. The molecule has 2 aliphatic carbocycles. The maximum Gasteiger partial charge on any atom is 0.0393 e. The Bertz CT molecular complexity index is 326. The molecule has 0 amide bonds. The largest absolute Gasteiger partial charge is 0.119 e. The quantitative estimate of drug-likeness (QED) is 0.605. The number of thioether (sulfide) groups is 2. The van der Waals surface area contributed by atoms with Gasteiger partial charge in [0.1, 0.15) is 0 Å². The van der Waals surface area contributed by atoms with Gasteiger partial charge in [-0.25, -0.2) is 0 Å². The Morgan fingerprint density at radius 1 is 1.05 bits per heavy atom. The first-order valence-corrected chi connectivity index (χ1v) is 10.3. The molecular formula is C17H28S2. The number of hydrogen-bond donors (Lipinski definition) is 0. The highest BCUT2D eigenvalue weighted by Gasteiger charge is 2.34. The van der Waals surface area contributed by atoms with Gasteiger partial charge in [0, 0.05) is 4.24 Å². The third-order valence-corrected chi connectivity index (χ3v) is 8.11. The topological polar surface area (TPSA) is 0 Å². The number of hydrogen-bond acceptors (Lipinski definition) is 2. The minimum Gasteiger partial charge on any atom is -0.119 e. The number of fused-ring (bicyclic) bond motifs is 1. The Morgan fingerprint density at radius 2 is 1.89 bits per heavy atom. The third kappa shape index (κ3) is 3.56. The average molecular weight is 297 g/mol. The van der Waals surface area contributed by atoms with Crippen LogP contribution in [-0.2, 0) is 0 Å². The maximum atomic E-state index is 2.35. The van der Waals surface area contributed by atoms with Crippen LogP contribution in [-0.4, -0.2) is 11.5 Å². The Kier molecular flexibility index (Phi) is 5.25. The molecule has 0 N–H and O–H groups in total. The molecule has 1 aliphatic heterocycles. The molecule has 3 atom stereocenters. The summed E-state index contributed by atoms with van der Waals surface area (Å²) in [6.07, 6.45) is 13.3. The van der Waals surface area contributed by atoms with Crippen molar-refractivity contribution in [3.63, 3.8) is 0 Å². The second-order valence-electron chi connectivity index (χ2n) is 6.67. The molecular weight excluding hydrogens is 268 g/mol. The summed E-state index contributed by atoms with van der Waals surface area (Å²) in [4.78, 5) is 0. The zero-order chi connectivity index (χ0) is 13.1. The summed E-state index contributed by atoms with van der Waals surface area (Å²) in [6.45, 7) is 2.35. The second kappa shape index (κ2) is 6.93. The molecule has 0 nitrogen and oxygen atoms in total. The van der Waals surface area contributed by atoms with E-state index in [-0.39, 0.29) is 0 Å². The lowest BCUT2D eigenvalue weighted by atomic mass is 9.66. The van der Waals surface area contributed by atoms with Crippen molar-refractivity contribution in [2.45, 2.75) is 64.7 Å². The molecule has 2 unspecified atom stereocenters. The molecule has 3 aliphatic rings. The lowest BCUT2D eigenvalue weighted by Gasteiger charge is -2.41. The predicted octanol–water partition coefficient (Wildman–Crippen LogP) is 6.08. The van der Waals surface area contributed by atoms with Gasteiger partial charge in [0.15, 0.2) is 0 Å². The van der Waals surface area contributed by atoms with Crippen LogP contribution in [0.5, 0.6) is 0 Å². The average Bonchev–Trinajstić information content (AvgIpc) is 2.48. The summed E-state index contributed by atoms with van der Waals surface area (Å²) in [6, 6.07) is 0. The molecule has 0 aromatic heterocycles. The van der Waals surface area contributed by atoms with Crippen LogP contribution in [0.4, 0.5) is 0 Å². The van der Waals surface area contributed by atoms with E-state index in [9.17, 15) is 0 Å². The summed E-state index contributed by atoms with van der Waals surface area (Å²) < 4.78 is 1.74. The van der Waals surface area contributed by atoms with E-state index in [1.54, 1.807) is 10.7 Å². The van der Waals surface area contributed by atoms with E-state index in [1.165, 1.54) is 62.9 Å². The monoisotopic (exact) mass is 296 g/mol. The van der Waals surface area contributed by atoms with Gasteiger partial charge in [-0.2, -0.15) is 0 Å². The molecule has 3 rings (SSSR count). The summed E-state index contributed by atoms with van der Waals surface area (Å²) >= 11 is 4.32. The summed E-state index contributed by atoms with van der Waals surface area (Å²) in [5, 5.41) is 0. The fraction of sp³-hybridized carbons (Fsp3) is 0.882. The van der Waals surface area contributed by atoms with Gasteiger partial charge < -0.3 is 0 Å². The first-order chi connectivity index (χ1) is 9.36. The molecule has 0 aromatic carbocycles. The van der Waals surface area contributed by atoms with E-state index in [0.717, 1.165) is 17.8 Å². The molecule has 19 heavy (non-hydrogen) atoms. The van der Waals surface area contributed by atoms with Gasteiger partial charge in [-0.3, -0.25) is 0 Å². The van der Waals surface area contributed by atoms with E-state index in [2.05, 4.69) is 30.4 Å². The first kappa shape index (κ1) is 14.4. The Hall–Kier alpha value is 0.440. The van der Waals surface area contributed by atoms with Crippen molar-refractivity contribution in [3.05, 3.63) is 9.81 Å². The fourth-order valence-electron chi connectivity index (χ4n) is 4.31. The maximum absolute atomic E-state index is 2.35. The van der Waals surface area contributed by atoms with E-state index in [4.69, 9.17) is 0 Å². The van der Waals surface area contributed by atoms with Gasteiger partial charge >= 0.3 is 0 Å². The molecule has 108 valence electrons. The minimum absolute atomic E-state index is 1.05. The standard InChI is InChI=1S/C17H28S2/c1-2-4-13-5-6-15-12-16(8-7-14(15)11-13)17-18-9-3-10-19-17/h13-15H,2-12H2,1H3/t13-,14?,15?/m0/s1. The molecule has 0 spiro atoms. The molecule has 3 fully saturated rings. The predicted molar refractivity (Wildman–Crippen MR) is 89.6 cm³/mol. The van der Waals surface area contributed by atoms with Crippen LogP contribution in [0.3, 0.4) is 0 Å². The van der Waals surface area contributed by atoms with Crippen LogP contribution in [0, 0.1) is 17.8 Å². The lowest BCUT2D eigenvalue weighted by Crippen LogP contribution is -2.28. The van der Waals surface area contributed by atoms with Crippen LogP contribution < -0.4 is 0 Å². The third-order valence-electron chi connectivity index (χ3n) is 5.31. The van der Waals surface area contributed by atoms with E-state index >= 15 is 0 Å². The highest BCUT2D eigenvalue weighted by Crippen LogP contribution is 2.49. The summed E-state index contributed by atoms with van der Waals surface area (Å²) in [5.41, 5.74) is 1.85. The fourth-order valence-corrected chi connectivity index (χ4v) is 7.06. The van der Waals surface area contributed by atoms with Crippen molar-refractivity contribution in [2.24, 2.45) is 17.8 Å². The van der Waals surface area contributed by atoms with Gasteiger partial charge in [-0.05, 0) is 73.4 Å². The Balaban J connectivity index is 1.60. The van der Waals surface area contributed by atoms with Crippen molar-refractivity contribution in [2.75, 3.05) is 11.5 Å². The van der Waals surface area contributed by atoms with Crippen molar-refractivity contribution < 1.29 is 0 Å². The van der Waals surface area contributed by atoms with E-state index in [0.29, 0.717) is 0 Å². The van der Waals surface area contributed by atoms with Crippen LogP contribution in [0.15, 0.2) is 9.81 Å². The van der Waals surface area contributed by atoms with Gasteiger partial charge in [0.25, 0.3) is 0 Å². The van der Waals surface area contributed by atoms with Crippen LogP contribution in [0.25, 0.3) is 0 Å². The normalized spacial score (nSPS) is 36.2. The highest BCUT2D eigenvalue weighted by atomic mass is 32.2. The van der Waals surface area contributed by atoms with Crippen molar-refractivity contribution in [1.82, 2.24) is 0 Å².